The van der Waals surface area contributed by atoms with Crippen LogP contribution in [0.1, 0.15) is 93.1 Å². The zero-order valence-corrected chi connectivity index (χ0v) is 54.0. The van der Waals surface area contributed by atoms with Crippen LogP contribution in [0.25, 0.3) is 23.5 Å². The Kier molecular flexibility index (Phi) is 24.7. The van der Waals surface area contributed by atoms with E-state index in [0.29, 0.717) is 83.5 Å². The maximum Gasteiger partial charge on any atom is 0.737 e. The van der Waals surface area contributed by atoms with E-state index in [-0.39, 0.29) is 51.8 Å². The lowest BCUT2D eigenvalue weighted by Crippen LogP contribution is -2.55. The van der Waals surface area contributed by atoms with Gasteiger partial charge in [-0.05, 0) is 100 Å². The maximum atomic E-state index is 17.6. The van der Waals surface area contributed by atoms with E-state index in [2.05, 4.69) is 68.5 Å². The SMILES string of the molecule is Cc1ccc(-c2cc(CCC[N+](C)(C)C)c3n2[B-](F)(F)[N+]2=C(/C=C/c4ccc(OCCCC(=O)NC(CS(=O)(=O)O)C(=O)NCC(=O)NC(CS(=O)(=O)O)C(=O)NCCN(C)CCCCCC(=O)ON5C(=O)CCC5=O)cc4)C=C(CCC[N+](C)(C)C)C2=C3)[nH]1. The number of hydrogen-bond acceptors (Lipinski definition) is 14. The van der Waals surface area contributed by atoms with Crippen LogP contribution in [0.4, 0.5) is 8.63 Å². The Morgan fingerprint density at radius 2 is 1.38 bits per heavy atom. The predicted octanol–water partition coefficient (Wildman–Crippen LogP) is 2.84. The summed E-state index contributed by atoms with van der Waals surface area (Å²) in [5, 5.41) is 9.29. The first kappa shape index (κ1) is 71.7. The second-order valence-corrected chi connectivity index (χ2v) is 27.9. The number of rotatable bonds is 36. The largest absolute Gasteiger partial charge is 0.737 e. The molecule has 0 saturated carbocycles. The molecule has 0 spiro atoms. The number of ether oxygens (including phenoxy) is 1. The highest BCUT2D eigenvalue weighted by molar-refractivity contribution is 7.86. The number of benzene rings is 1. The zero-order chi connectivity index (χ0) is 66.4. The van der Waals surface area contributed by atoms with Gasteiger partial charge in [-0.15, -0.1) is 5.06 Å². The molecule has 6 amide bonds. The van der Waals surface area contributed by atoms with Gasteiger partial charge in [0.25, 0.3) is 32.1 Å². The van der Waals surface area contributed by atoms with Crippen LogP contribution in [-0.4, -0.2) is 232 Å². The van der Waals surface area contributed by atoms with Gasteiger partial charge in [-0.1, -0.05) is 18.6 Å². The Morgan fingerprint density at radius 1 is 0.767 bits per heavy atom. The smallest absolute Gasteiger partial charge is 0.494 e. The fourth-order valence-corrected chi connectivity index (χ4v) is 11.8. The standard InChI is InChI=1S/C59H84BF2N11O15S2/c1-41-19-26-47(65-41)52-36-44(16-13-33-73(6,7)8)51-37-50-43(15-12-32-72(3,4)5)35-45(69(50)60(61,62)70(51)52)23-20-42-21-24-46(25-22-42)87-34-14-17-53(74)66-49(40-90(84,85)86)59(80)64-38-54(75)67-48(39-89(81,82)83)58(79)63-29-31-68(2)30-11-9-10-18-57(78)88-71-55(76)27-28-56(71)77/h19-26,35-37,48-49,65H,9-18,27-34,38-40H2,1-8H3,(H4-2,63,64,66,67,74,75,79,80,81,82,83,84,85,86)/p+2/b23-20+. The molecule has 7 N–H and O–H groups in total. The van der Waals surface area contributed by atoms with E-state index in [1.54, 1.807) is 48.4 Å². The molecule has 5 heterocycles. The fraction of sp³-hybridized carbons (Fsp3) is 0.525. The summed E-state index contributed by atoms with van der Waals surface area (Å²) in [5.41, 5.74) is 5.62. The number of nitrogens with one attached hydrogen (secondary N) is 5. The molecule has 90 heavy (non-hydrogen) atoms. The second kappa shape index (κ2) is 31.1. The van der Waals surface area contributed by atoms with Crippen molar-refractivity contribution in [3.8, 4) is 17.1 Å². The monoisotopic (exact) mass is 1300 g/mol. The highest BCUT2D eigenvalue weighted by Crippen LogP contribution is 2.41. The number of amides is 6. The molecule has 0 radical (unpaired) electrons. The van der Waals surface area contributed by atoms with Crippen LogP contribution in [0, 0.1) is 6.92 Å². The molecule has 2 atom stereocenters. The summed E-state index contributed by atoms with van der Waals surface area (Å²) in [5.74, 6) is -8.23. The van der Waals surface area contributed by atoms with E-state index in [4.69, 9.17) is 9.57 Å². The van der Waals surface area contributed by atoms with Crippen LogP contribution < -0.4 is 26.0 Å². The summed E-state index contributed by atoms with van der Waals surface area (Å²) in [6.07, 6.45) is 11.4. The third-order valence-corrected chi connectivity index (χ3v) is 16.4. The number of quaternary nitrogens is 2. The minimum absolute atomic E-state index is 0.0186. The summed E-state index contributed by atoms with van der Waals surface area (Å²) in [6.45, 7) is -1.05. The minimum atomic E-state index is -4.90. The number of nitrogens with zero attached hydrogens (tertiary/aromatic N) is 6. The highest BCUT2D eigenvalue weighted by atomic mass is 32.2. The van der Waals surface area contributed by atoms with Gasteiger partial charge in [0.1, 0.15) is 29.3 Å². The fourth-order valence-electron chi connectivity index (χ4n) is 10.4. The van der Waals surface area contributed by atoms with Crippen molar-refractivity contribution in [3.05, 3.63) is 88.4 Å². The van der Waals surface area contributed by atoms with Gasteiger partial charge in [-0.3, -0.25) is 37.9 Å². The van der Waals surface area contributed by atoms with Gasteiger partial charge in [-0.25, -0.2) is 4.79 Å². The first-order chi connectivity index (χ1) is 42.1. The van der Waals surface area contributed by atoms with Crippen molar-refractivity contribution < 1.29 is 91.2 Å². The maximum absolute atomic E-state index is 17.6. The predicted molar refractivity (Wildman–Crippen MR) is 333 cm³/mol. The third kappa shape index (κ3) is 22.2. The van der Waals surface area contributed by atoms with Crippen LogP contribution in [0.3, 0.4) is 0 Å². The van der Waals surface area contributed by atoms with E-state index < -0.39 is 98.8 Å². The van der Waals surface area contributed by atoms with Crippen molar-refractivity contribution in [2.45, 2.75) is 96.1 Å². The Hall–Kier alpha value is -7.42. The van der Waals surface area contributed by atoms with E-state index in [0.717, 1.165) is 51.7 Å². The van der Waals surface area contributed by atoms with Gasteiger partial charge in [0.15, 0.2) is 11.4 Å². The van der Waals surface area contributed by atoms with E-state index in [1.807, 2.05) is 37.3 Å². The van der Waals surface area contributed by atoms with Crippen molar-refractivity contribution in [2.24, 2.45) is 0 Å². The van der Waals surface area contributed by atoms with Gasteiger partial charge in [0.05, 0.1) is 74.2 Å². The molecule has 1 saturated heterocycles. The number of allylic oxidation sites excluding steroid dienone is 3. The molecular weight excluding hydrogens is 1220 g/mol. The van der Waals surface area contributed by atoms with E-state index in [1.165, 1.54) is 8.96 Å². The molecule has 1 fully saturated rings. The normalized spacial score (nSPS) is 15.8. The number of imide groups is 1. The number of hydrogen-bond donors (Lipinski definition) is 7. The van der Waals surface area contributed by atoms with Gasteiger partial charge in [-0.2, -0.15) is 16.8 Å². The average molecular weight is 1300 g/mol. The number of fused-ring (bicyclic) bond motifs is 2. The Morgan fingerprint density at radius 3 is 1.98 bits per heavy atom. The van der Waals surface area contributed by atoms with Gasteiger partial charge in [0.2, 0.25) is 23.6 Å². The van der Waals surface area contributed by atoms with Crippen molar-refractivity contribution >= 4 is 86.5 Å². The van der Waals surface area contributed by atoms with Crippen molar-refractivity contribution in [1.82, 2.24) is 40.7 Å². The quantitative estimate of drug-likeness (QED) is 0.0145. The number of carbonyl (C=O) groups is 7. The zero-order valence-electron chi connectivity index (χ0n) is 52.4. The van der Waals surface area contributed by atoms with Crippen molar-refractivity contribution in [3.63, 3.8) is 0 Å². The Labute approximate surface area is 524 Å². The first-order valence-electron chi connectivity index (χ1n) is 29.9. The molecule has 1 aromatic carbocycles. The summed E-state index contributed by atoms with van der Waals surface area (Å²) < 4.78 is 111. The lowest BCUT2D eigenvalue weighted by molar-refractivity contribution is -0.870. The molecule has 3 aliphatic rings. The number of carbonyl (C=O) groups excluding carboxylic acids is 7. The second-order valence-electron chi connectivity index (χ2n) is 24.9. The number of H-pyrrole nitrogens is 1. The molecule has 494 valence electrons. The molecule has 26 nitrogen and oxygen atoms in total. The van der Waals surface area contributed by atoms with E-state index >= 15 is 8.63 Å². The lowest BCUT2D eigenvalue weighted by Gasteiger charge is -2.31. The topological polar surface area (TPSA) is 325 Å². The molecule has 0 aliphatic carbocycles. The Bertz CT molecular complexity index is 3480. The summed E-state index contributed by atoms with van der Waals surface area (Å²) in [7, 11) is 4.61. The first-order valence-corrected chi connectivity index (χ1v) is 33.1. The summed E-state index contributed by atoms with van der Waals surface area (Å²) in [4.78, 5) is 97.2. The molecule has 6 rings (SSSR count). The van der Waals surface area contributed by atoms with Gasteiger partial charge < -0.3 is 67.3 Å². The Balaban J connectivity index is 0.991. The molecule has 2 aromatic heterocycles. The lowest BCUT2D eigenvalue weighted by atomic mass is 9.88. The summed E-state index contributed by atoms with van der Waals surface area (Å²) in [6, 6.07) is 8.67. The van der Waals surface area contributed by atoms with Crippen molar-refractivity contribution in [2.75, 3.05) is 107 Å². The van der Waals surface area contributed by atoms with Gasteiger partial charge in [0, 0.05) is 92.5 Å². The van der Waals surface area contributed by atoms with E-state index in [9.17, 15) is 59.5 Å². The number of aromatic nitrogens is 2. The van der Waals surface area contributed by atoms with Crippen molar-refractivity contribution in [1.29, 1.82) is 0 Å². The summed E-state index contributed by atoms with van der Waals surface area (Å²) >= 11 is 0. The van der Waals surface area contributed by atoms with Crippen LogP contribution in [-0.2, 0) is 65.1 Å². The number of hydroxylamine groups is 2. The van der Waals surface area contributed by atoms with Crippen LogP contribution in [0.2, 0.25) is 0 Å². The number of likely N-dealkylation sites (N-methyl/N-ethyl adjacent to an activating group) is 1. The molecule has 31 heteroatoms. The third-order valence-electron chi connectivity index (χ3n) is 14.9. The molecule has 2 unspecified atom stereocenters. The molecule has 3 aliphatic heterocycles. The molecular formula is C59H86BF2N11O15S2+2. The van der Waals surface area contributed by atoms with Crippen LogP contribution in [0.5, 0.6) is 5.75 Å². The number of aryl methyl sites for hydroxylation is 2. The number of aromatic amines is 1. The average Bonchev–Trinajstić information content (AvgIpc) is 1.53. The molecule has 3 aromatic rings. The number of halogens is 2. The van der Waals surface area contributed by atoms with Crippen LogP contribution >= 0.6 is 0 Å². The number of unbranched alkanes of at least 4 members (excludes halogenated alkanes) is 2. The molecule has 0 bridgehead atoms. The highest BCUT2D eigenvalue weighted by Gasteiger charge is 2.54. The van der Waals surface area contributed by atoms with Crippen LogP contribution in [0.15, 0.2) is 65.9 Å². The minimum Gasteiger partial charge on any atom is -0.494 e. The van der Waals surface area contributed by atoms with Gasteiger partial charge >= 0.3 is 12.9 Å².